The van der Waals surface area contributed by atoms with Crippen molar-refractivity contribution in [2.24, 2.45) is 23.1 Å². The number of hydrogen-bond acceptors (Lipinski definition) is 11. The molecule has 0 aromatic heterocycles. The molecule has 0 heterocycles. The number of primary amides is 2. The van der Waals surface area contributed by atoms with E-state index in [1.165, 1.54) is 0 Å². The molecule has 6 atom stereocenters. The lowest BCUT2D eigenvalue weighted by atomic mass is 10.0. The molecule has 19 heteroatoms. The number of aliphatic carboxylic acids is 1. The van der Waals surface area contributed by atoms with Gasteiger partial charge in [0.15, 0.2) is 6.04 Å². The van der Waals surface area contributed by atoms with Crippen molar-refractivity contribution in [2.75, 3.05) is 13.2 Å². The van der Waals surface area contributed by atoms with Crippen molar-refractivity contribution in [3.63, 3.8) is 0 Å². The molecule has 7 amide bonds. The first kappa shape index (κ1) is 36.6. The van der Waals surface area contributed by atoms with Crippen LogP contribution in [0.15, 0.2) is 0 Å². The molecule has 0 bridgehead atoms. The summed E-state index contributed by atoms with van der Waals surface area (Å²) in [6, 6.07) is -7.69. The first-order valence-electron chi connectivity index (χ1n) is 12.2. The van der Waals surface area contributed by atoms with Crippen LogP contribution in [0.1, 0.15) is 33.6 Å². The van der Waals surface area contributed by atoms with Crippen molar-refractivity contribution >= 4 is 47.3 Å². The lowest BCUT2D eigenvalue weighted by Crippen LogP contribution is -2.59. The number of carboxylic acid groups (broad SMARTS) is 1. The normalized spacial score (nSPS) is 15.2. The maximum absolute atomic E-state index is 12.6. The largest absolute Gasteiger partial charge is 0.480 e. The van der Waals surface area contributed by atoms with Crippen molar-refractivity contribution in [2.45, 2.75) is 69.9 Å². The zero-order valence-corrected chi connectivity index (χ0v) is 22.7. The van der Waals surface area contributed by atoms with Gasteiger partial charge in [-0.05, 0) is 12.8 Å². The predicted octanol–water partition coefficient (Wildman–Crippen LogP) is -6.77. The van der Waals surface area contributed by atoms with Crippen LogP contribution >= 0.6 is 0 Å². The minimum Gasteiger partial charge on any atom is -0.480 e. The highest BCUT2D eigenvalue weighted by molar-refractivity contribution is 5.97. The molecule has 0 aliphatic rings. The molecule has 0 spiro atoms. The van der Waals surface area contributed by atoms with Gasteiger partial charge >= 0.3 is 5.97 Å². The van der Waals surface area contributed by atoms with Gasteiger partial charge in [0, 0.05) is 0 Å². The Morgan fingerprint density at radius 2 is 1.22 bits per heavy atom. The second kappa shape index (κ2) is 17.4. The molecule has 41 heavy (non-hydrogen) atoms. The van der Waals surface area contributed by atoms with E-state index in [9.17, 15) is 48.6 Å². The molecule has 0 rings (SSSR count). The molecule has 0 saturated heterocycles. The molecule has 0 radical (unpaired) electrons. The molecule has 0 aromatic rings. The Bertz CT molecular complexity index is 1000. The van der Waals surface area contributed by atoms with Gasteiger partial charge in [-0.1, -0.05) is 13.8 Å². The van der Waals surface area contributed by atoms with Gasteiger partial charge in [-0.3, -0.25) is 33.6 Å². The third kappa shape index (κ3) is 13.5. The SMILES string of the molecule is CC(C)[C@H](NC(=O)[C@@H](N)CC(N)=O)C(=O)NCC(=O)N[C@@H](CO)C(=O)N[C@@H](CC(N)=O)C(=O)N[C@H](C(=O)O)[C@@H](C)O. The van der Waals surface area contributed by atoms with E-state index in [0.717, 1.165) is 6.92 Å². The van der Waals surface area contributed by atoms with Gasteiger partial charge in [-0.15, -0.1) is 0 Å². The molecule has 232 valence electrons. The standard InChI is InChI=1S/C22H38N8O11/c1-8(2)16(29-18(36)10(23)4-13(24)33)21(39)26-6-15(35)27-12(7-31)20(38)28-11(5-14(25)34)19(37)30-17(9(3)32)22(40)41/h8-12,16-17,31-32H,4-7,23H2,1-3H3,(H2,24,33)(H2,25,34)(H,26,39)(H,27,35)(H,28,38)(H,29,36)(H,30,37)(H,40,41)/t9-,10+,11+,12+,16+,17+/m1/s1. The van der Waals surface area contributed by atoms with Crippen LogP contribution < -0.4 is 43.8 Å². The van der Waals surface area contributed by atoms with Crippen LogP contribution in [0.4, 0.5) is 0 Å². The molecule has 0 fully saturated rings. The summed E-state index contributed by atoms with van der Waals surface area (Å²) in [4.78, 5) is 95.7. The van der Waals surface area contributed by atoms with E-state index in [4.69, 9.17) is 22.3 Å². The van der Waals surface area contributed by atoms with Crippen LogP contribution in [-0.2, 0) is 38.4 Å². The van der Waals surface area contributed by atoms with Crippen LogP contribution in [0.25, 0.3) is 0 Å². The Kier molecular flexibility index (Phi) is 15.5. The number of rotatable bonds is 18. The maximum Gasteiger partial charge on any atom is 0.328 e. The van der Waals surface area contributed by atoms with E-state index in [1.54, 1.807) is 13.8 Å². The number of hydrogen-bond donors (Lipinski definition) is 11. The topological polar surface area (TPSA) is 335 Å². The molecular formula is C22H38N8O11. The Morgan fingerprint density at radius 1 is 0.707 bits per heavy atom. The molecule has 0 aliphatic carbocycles. The first-order valence-corrected chi connectivity index (χ1v) is 12.2. The van der Waals surface area contributed by atoms with Gasteiger partial charge in [0.1, 0.15) is 18.1 Å². The summed E-state index contributed by atoms with van der Waals surface area (Å²) < 4.78 is 0. The van der Waals surface area contributed by atoms with Gasteiger partial charge in [-0.25, -0.2) is 4.79 Å². The van der Waals surface area contributed by atoms with E-state index in [2.05, 4.69) is 21.3 Å². The molecule has 0 aliphatic heterocycles. The van der Waals surface area contributed by atoms with Crippen molar-refractivity contribution < 1.29 is 53.7 Å². The van der Waals surface area contributed by atoms with Crippen LogP contribution in [0, 0.1) is 5.92 Å². The summed E-state index contributed by atoms with van der Waals surface area (Å²) in [6.07, 6.45) is -2.80. The lowest BCUT2D eigenvalue weighted by Gasteiger charge is -2.24. The predicted molar refractivity (Wildman–Crippen MR) is 138 cm³/mol. The summed E-state index contributed by atoms with van der Waals surface area (Å²) >= 11 is 0. The quantitative estimate of drug-likeness (QED) is 0.0709. The van der Waals surface area contributed by atoms with Gasteiger partial charge in [-0.2, -0.15) is 0 Å². The number of aliphatic hydroxyl groups is 2. The third-order valence-corrected chi connectivity index (χ3v) is 5.35. The van der Waals surface area contributed by atoms with Crippen molar-refractivity contribution in [3.8, 4) is 0 Å². The van der Waals surface area contributed by atoms with Crippen LogP contribution in [0.2, 0.25) is 0 Å². The fourth-order valence-corrected chi connectivity index (χ4v) is 3.15. The van der Waals surface area contributed by atoms with Gasteiger partial charge < -0.3 is 59.1 Å². The Balaban J connectivity index is 5.28. The van der Waals surface area contributed by atoms with Crippen molar-refractivity contribution in [3.05, 3.63) is 0 Å². The summed E-state index contributed by atoms with van der Waals surface area (Å²) in [6.45, 7) is 2.51. The van der Waals surface area contributed by atoms with Crippen molar-refractivity contribution in [1.82, 2.24) is 26.6 Å². The number of carboxylic acids is 1. The van der Waals surface area contributed by atoms with E-state index in [0.29, 0.717) is 0 Å². The van der Waals surface area contributed by atoms with Gasteiger partial charge in [0.05, 0.1) is 38.1 Å². The van der Waals surface area contributed by atoms with E-state index in [1.807, 2.05) is 5.32 Å². The molecule has 0 saturated carbocycles. The zero-order chi connectivity index (χ0) is 32.0. The number of aliphatic hydroxyl groups excluding tert-OH is 2. The highest BCUT2D eigenvalue weighted by Gasteiger charge is 2.32. The van der Waals surface area contributed by atoms with Crippen LogP contribution in [0.5, 0.6) is 0 Å². The zero-order valence-electron chi connectivity index (χ0n) is 22.7. The fourth-order valence-electron chi connectivity index (χ4n) is 3.15. The first-order chi connectivity index (χ1) is 18.9. The Hall–Kier alpha value is -4.36. The molecule has 0 aromatic carbocycles. The molecule has 14 N–H and O–H groups in total. The van der Waals surface area contributed by atoms with Crippen molar-refractivity contribution in [1.29, 1.82) is 0 Å². The minimum absolute atomic E-state index is 0.464. The highest BCUT2D eigenvalue weighted by atomic mass is 16.4. The Morgan fingerprint density at radius 3 is 1.66 bits per heavy atom. The second-order valence-corrected chi connectivity index (χ2v) is 9.32. The number of amides is 7. The molecule has 0 unspecified atom stereocenters. The van der Waals surface area contributed by atoms with Gasteiger partial charge in [0.25, 0.3) is 0 Å². The minimum atomic E-state index is -1.79. The van der Waals surface area contributed by atoms with E-state index < -0.39 is 116 Å². The highest BCUT2D eigenvalue weighted by Crippen LogP contribution is 2.03. The summed E-state index contributed by atoms with van der Waals surface area (Å²) in [5.74, 6) is -8.99. The molecule has 19 nitrogen and oxygen atoms in total. The molecular weight excluding hydrogens is 552 g/mol. The number of carbonyl (C=O) groups is 8. The van der Waals surface area contributed by atoms with Crippen LogP contribution in [0.3, 0.4) is 0 Å². The van der Waals surface area contributed by atoms with Gasteiger partial charge in [0.2, 0.25) is 41.4 Å². The lowest BCUT2D eigenvalue weighted by molar-refractivity contribution is -0.145. The average Bonchev–Trinajstić information content (AvgIpc) is 2.85. The van der Waals surface area contributed by atoms with Crippen LogP contribution in [-0.4, -0.2) is 112 Å². The average molecular weight is 591 g/mol. The third-order valence-electron chi connectivity index (χ3n) is 5.35. The number of nitrogens with two attached hydrogens (primary N) is 3. The summed E-state index contributed by atoms with van der Waals surface area (Å²) in [5.41, 5.74) is 15.6. The Labute approximate surface area is 234 Å². The van der Waals surface area contributed by atoms with E-state index in [-0.39, 0.29) is 0 Å². The number of carbonyl (C=O) groups excluding carboxylic acids is 7. The number of nitrogens with one attached hydrogen (secondary N) is 5. The summed E-state index contributed by atoms with van der Waals surface area (Å²) in [5, 5.41) is 38.8. The second-order valence-electron chi connectivity index (χ2n) is 9.32. The smallest absolute Gasteiger partial charge is 0.328 e. The monoisotopic (exact) mass is 590 g/mol. The van der Waals surface area contributed by atoms with E-state index >= 15 is 0 Å². The summed E-state index contributed by atoms with van der Waals surface area (Å²) in [7, 11) is 0. The fraction of sp³-hybridized carbons (Fsp3) is 0.636. The maximum atomic E-state index is 12.6.